The molecule has 0 saturated carbocycles. The van der Waals surface area contributed by atoms with Crippen LogP contribution in [-0.2, 0) is 19.1 Å². The first-order valence-electron chi connectivity index (χ1n) is 11.8. The molecule has 1 unspecified atom stereocenters. The number of likely N-dealkylation sites (tertiary alicyclic amines) is 1. The number of carbonyl (C=O) groups is 2. The summed E-state index contributed by atoms with van der Waals surface area (Å²) >= 11 is 0. The van der Waals surface area contributed by atoms with Gasteiger partial charge in [-0.3, -0.25) is 9.59 Å². The van der Waals surface area contributed by atoms with Gasteiger partial charge in [-0.1, -0.05) is 5.57 Å². The molecule has 34 heavy (non-hydrogen) atoms. The fourth-order valence-corrected chi connectivity index (χ4v) is 5.63. The molecule has 5 rings (SSSR count). The molecule has 0 bridgehead atoms. The summed E-state index contributed by atoms with van der Waals surface area (Å²) in [5, 5.41) is 11.0. The number of aliphatic hydroxyl groups excluding tert-OH is 1. The number of ketones is 1. The van der Waals surface area contributed by atoms with E-state index in [2.05, 4.69) is 9.88 Å². The number of β-amino-alcohol motifs (C(OH)–C–C–N with tert-alkyl or cyclic N) is 1. The van der Waals surface area contributed by atoms with Gasteiger partial charge in [-0.05, 0) is 31.4 Å². The Labute approximate surface area is 199 Å². The van der Waals surface area contributed by atoms with Gasteiger partial charge in [0, 0.05) is 50.4 Å². The molecule has 1 aromatic rings. The monoisotopic (exact) mass is 469 g/mol. The molecule has 2 atom stereocenters. The molecule has 1 aliphatic carbocycles. The number of aliphatic hydroxyl groups is 1. The van der Waals surface area contributed by atoms with Gasteiger partial charge in [0.25, 0.3) is 5.91 Å². The highest BCUT2D eigenvalue weighted by atomic mass is 16.5. The number of morpholine rings is 1. The summed E-state index contributed by atoms with van der Waals surface area (Å²) in [6, 6.07) is 3.56. The van der Waals surface area contributed by atoms with Crippen molar-refractivity contribution in [2.24, 2.45) is 5.92 Å². The van der Waals surface area contributed by atoms with Crippen molar-refractivity contribution in [2.75, 3.05) is 51.4 Å². The number of nitrogens with zero attached hydrogens (tertiary/aromatic N) is 3. The van der Waals surface area contributed by atoms with E-state index in [9.17, 15) is 14.7 Å². The Balaban J connectivity index is 1.23. The first-order chi connectivity index (χ1) is 16.4. The van der Waals surface area contributed by atoms with Gasteiger partial charge < -0.3 is 29.1 Å². The van der Waals surface area contributed by atoms with E-state index in [0.29, 0.717) is 64.5 Å². The van der Waals surface area contributed by atoms with Gasteiger partial charge in [-0.25, -0.2) is 4.98 Å². The van der Waals surface area contributed by atoms with Gasteiger partial charge in [0.2, 0.25) is 5.88 Å². The molecule has 182 valence electrons. The van der Waals surface area contributed by atoms with Gasteiger partial charge in [-0.15, -0.1) is 0 Å². The Morgan fingerprint density at radius 1 is 1.29 bits per heavy atom. The van der Waals surface area contributed by atoms with E-state index in [-0.39, 0.29) is 11.7 Å². The molecule has 2 saturated heterocycles. The number of aromatic nitrogens is 1. The molecule has 9 nitrogen and oxygen atoms in total. The minimum absolute atomic E-state index is 0.0354. The van der Waals surface area contributed by atoms with Crippen LogP contribution in [-0.4, -0.2) is 84.9 Å². The molecular formula is C25H31N3O6. The molecule has 1 spiro atoms. The standard InChI is InChI=1S/C25H31N3O6/c1-16-19-15-33-14-17(19)11-20(29)23(16)21(30)13-27-7-4-25(5-8-27)24(31)28(9-10-34-25)18-3-6-26-22(12-18)32-2/h3,6,12,14,21,23,30H,4-5,7-11,13,15H2,1-2H3/t21-,23?/m0/s1. The minimum Gasteiger partial charge on any atom is -0.496 e. The number of amides is 1. The summed E-state index contributed by atoms with van der Waals surface area (Å²) in [6.07, 6.45) is 3.90. The van der Waals surface area contributed by atoms with Gasteiger partial charge >= 0.3 is 0 Å². The lowest BCUT2D eigenvalue weighted by Crippen LogP contribution is -2.61. The van der Waals surface area contributed by atoms with Gasteiger partial charge in [-0.2, -0.15) is 0 Å². The van der Waals surface area contributed by atoms with Crippen LogP contribution < -0.4 is 9.64 Å². The molecule has 0 aromatic carbocycles. The number of Topliss-reactive ketones (excluding diaryl/α,β-unsaturated/α-hetero) is 1. The van der Waals surface area contributed by atoms with Crippen LogP contribution in [0.4, 0.5) is 5.69 Å². The van der Waals surface area contributed by atoms with E-state index < -0.39 is 17.6 Å². The van der Waals surface area contributed by atoms with Gasteiger partial charge in [0.05, 0.1) is 37.7 Å². The van der Waals surface area contributed by atoms with Gasteiger partial charge in [0.1, 0.15) is 18.0 Å². The summed E-state index contributed by atoms with van der Waals surface area (Å²) in [6.45, 7) is 4.95. The molecule has 3 aliphatic heterocycles. The van der Waals surface area contributed by atoms with Gasteiger partial charge in [0.15, 0.2) is 0 Å². The number of rotatable bonds is 5. The highest BCUT2D eigenvalue weighted by Crippen LogP contribution is 2.38. The lowest BCUT2D eigenvalue weighted by Gasteiger charge is -2.46. The van der Waals surface area contributed by atoms with Crippen LogP contribution in [0.2, 0.25) is 0 Å². The van der Waals surface area contributed by atoms with Crippen LogP contribution in [0.3, 0.4) is 0 Å². The first-order valence-corrected chi connectivity index (χ1v) is 11.8. The first kappa shape index (κ1) is 23.0. The SMILES string of the molecule is COc1cc(N2CCOC3(CCN(C[C@H](O)C4C(=O)CC5=COCC5=C4C)CC3)C2=O)ccn1. The van der Waals surface area contributed by atoms with Crippen molar-refractivity contribution >= 4 is 17.4 Å². The van der Waals surface area contributed by atoms with Crippen LogP contribution >= 0.6 is 0 Å². The fourth-order valence-electron chi connectivity index (χ4n) is 5.63. The maximum Gasteiger partial charge on any atom is 0.259 e. The lowest BCUT2D eigenvalue weighted by atomic mass is 9.77. The van der Waals surface area contributed by atoms with Crippen LogP contribution in [0.15, 0.2) is 41.3 Å². The molecule has 1 N–H and O–H groups in total. The molecule has 0 radical (unpaired) electrons. The molecule has 9 heteroatoms. The number of ether oxygens (including phenoxy) is 3. The van der Waals surface area contributed by atoms with E-state index in [1.807, 2.05) is 6.92 Å². The van der Waals surface area contributed by atoms with Crippen LogP contribution in [0.25, 0.3) is 0 Å². The highest BCUT2D eigenvalue weighted by molar-refractivity contribution is 6.00. The van der Waals surface area contributed by atoms with E-state index in [1.54, 1.807) is 36.6 Å². The van der Waals surface area contributed by atoms with Crippen molar-refractivity contribution in [2.45, 2.75) is 37.9 Å². The lowest BCUT2D eigenvalue weighted by molar-refractivity contribution is -0.158. The zero-order valence-electron chi connectivity index (χ0n) is 19.7. The molecule has 4 heterocycles. The third-order valence-corrected chi connectivity index (χ3v) is 7.56. The molecule has 2 fully saturated rings. The van der Waals surface area contributed by atoms with Crippen LogP contribution in [0.5, 0.6) is 5.88 Å². The van der Waals surface area contributed by atoms with Crippen LogP contribution in [0.1, 0.15) is 26.2 Å². The third kappa shape index (κ3) is 4.01. The quantitative estimate of drug-likeness (QED) is 0.692. The summed E-state index contributed by atoms with van der Waals surface area (Å²) < 4.78 is 16.7. The van der Waals surface area contributed by atoms with E-state index in [0.717, 1.165) is 22.4 Å². The molecule has 1 amide bonds. The van der Waals surface area contributed by atoms with Crippen molar-refractivity contribution in [3.63, 3.8) is 0 Å². The molecule has 4 aliphatic rings. The Bertz CT molecular complexity index is 1040. The number of hydrogen-bond donors (Lipinski definition) is 1. The molecule has 1 aromatic heterocycles. The van der Waals surface area contributed by atoms with Crippen LogP contribution in [0, 0.1) is 5.92 Å². The Kier molecular flexibility index (Phi) is 6.18. The van der Waals surface area contributed by atoms with Crippen molar-refractivity contribution in [3.8, 4) is 5.88 Å². The second kappa shape index (κ2) is 9.13. The number of methoxy groups -OCH3 is 1. The highest BCUT2D eigenvalue weighted by Gasteiger charge is 2.48. The topological polar surface area (TPSA) is 101 Å². The predicted octanol–water partition coefficient (Wildman–Crippen LogP) is 1.47. The third-order valence-electron chi connectivity index (χ3n) is 7.56. The number of hydrogen-bond acceptors (Lipinski definition) is 8. The van der Waals surface area contributed by atoms with Crippen molar-refractivity contribution in [1.29, 1.82) is 0 Å². The summed E-state index contributed by atoms with van der Waals surface area (Å²) in [7, 11) is 1.55. The Hall–Kier alpha value is -2.75. The molecular weight excluding hydrogens is 438 g/mol. The van der Waals surface area contributed by atoms with E-state index in [1.165, 1.54) is 0 Å². The fraction of sp³-hybridized carbons (Fsp3) is 0.560. The number of pyridine rings is 1. The van der Waals surface area contributed by atoms with E-state index in [4.69, 9.17) is 14.2 Å². The Morgan fingerprint density at radius 2 is 2.09 bits per heavy atom. The largest absolute Gasteiger partial charge is 0.496 e. The summed E-state index contributed by atoms with van der Waals surface area (Å²) in [5.41, 5.74) is 2.79. The normalized spacial score (nSPS) is 25.8. The average Bonchev–Trinajstić information content (AvgIpc) is 3.31. The second-order valence-corrected chi connectivity index (χ2v) is 9.46. The summed E-state index contributed by atoms with van der Waals surface area (Å²) in [4.78, 5) is 34.2. The minimum atomic E-state index is -0.865. The predicted molar refractivity (Wildman–Crippen MR) is 123 cm³/mol. The van der Waals surface area contributed by atoms with Crippen molar-refractivity contribution in [1.82, 2.24) is 9.88 Å². The maximum atomic E-state index is 13.5. The second-order valence-electron chi connectivity index (χ2n) is 9.46. The number of fused-ring (bicyclic) bond motifs is 1. The van der Waals surface area contributed by atoms with E-state index >= 15 is 0 Å². The number of carbonyl (C=O) groups excluding carboxylic acids is 2. The van der Waals surface area contributed by atoms with Crippen molar-refractivity contribution in [3.05, 3.63) is 41.3 Å². The zero-order chi connectivity index (χ0) is 23.9. The number of anilines is 1. The zero-order valence-corrected chi connectivity index (χ0v) is 19.7. The smallest absolute Gasteiger partial charge is 0.259 e. The Morgan fingerprint density at radius 3 is 2.85 bits per heavy atom. The summed E-state index contributed by atoms with van der Waals surface area (Å²) in [5.74, 6) is -0.0533. The maximum absolute atomic E-state index is 13.5. The average molecular weight is 470 g/mol. The number of piperidine rings is 1. The van der Waals surface area contributed by atoms with Crippen molar-refractivity contribution < 1.29 is 28.9 Å².